The van der Waals surface area contributed by atoms with Gasteiger partial charge in [-0.15, -0.1) is 0 Å². The number of hydrazone groups is 2. The van der Waals surface area contributed by atoms with Crippen molar-refractivity contribution in [3.05, 3.63) is 64.7 Å². The Morgan fingerprint density at radius 2 is 1.62 bits per heavy atom. The van der Waals surface area contributed by atoms with Gasteiger partial charge in [0.15, 0.2) is 29.6 Å². The summed E-state index contributed by atoms with van der Waals surface area (Å²) in [6.07, 6.45) is -3.65. The van der Waals surface area contributed by atoms with Gasteiger partial charge in [0.2, 0.25) is 0 Å². The minimum atomic E-state index is -1.33. The lowest BCUT2D eigenvalue weighted by Crippen LogP contribution is -2.62. The number of phenols is 1. The van der Waals surface area contributed by atoms with Gasteiger partial charge in [-0.05, 0) is 18.2 Å². The summed E-state index contributed by atoms with van der Waals surface area (Å²) in [6, 6.07) is 13.6. The van der Waals surface area contributed by atoms with E-state index in [0.29, 0.717) is 22.0 Å². The van der Waals surface area contributed by atoms with Crippen LogP contribution in [0.15, 0.2) is 58.7 Å². The third-order valence-corrected chi connectivity index (χ3v) is 7.72. The number of nitrogens with one attached hydrogen (secondary N) is 1. The second-order valence-corrected chi connectivity index (χ2v) is 11.4. The second-order valence-electron chi connectivity index (χ2n) is 9.78. The second kappa shape index (κ2) is 15.1. The molecule has 1 saturated heterocycles. The first-order valence-electron chi connectivity index (χ1n) is 13.6. The fraction of sp³-hybridized carbons (Fsp3) is 0.379. The average Bonchev–Trinajstić information content (AvgIpc) is 3.37. The number of phenolic OH excluding ortho intramolecular Hbond substituents is 1. The number of ether oxygens (including phenoxy) is 5. The molecule has 0 radical (unpaired) electrons. The van der Waals surface area contributed by atoms with Crippen LogP contribution in [0.25, 0.3) is 0 Å². The summed E-state index contributed by atoms with van der Waals surface area (Å²) in [6.45, 7) is 4.29. The van der Waals surface area contributed by atoms with Crippen LogP contribution >= 0.6 is 23.4 Å². The van der Waals surface area contributed by atoms with Crippen molar-refractivity contribution in [1.82, 2.24) is 10.4 Å². The summed E-state index contributed by atoms with van der Waals surface area (Å²) in [5.74, 6) is -2.48. The SMILES string of the molecule is CC(=O)OC[C@H]1O[C@@H](SC2NN=C(c3ccccc3)N2/N=C/c2cc(Cl)ccc2O)[C@H](OC(C)=O)[C@@H](OC(C)=O)[C@@H]1OC(C)=O. The van der Waals surface area contributed by atoms with Gasteiger partial charge in [0, 0.05) is 43.8 Å². The van der Waals surface area contributed by atoms with Gasteiger partial charge in [0.25, 0.3) is 0 Å². The molecule has 0 spiro atoms. The van der Waals surface area contributed by atoms with E-state index in [-0.39, 0.29) is 12.4 Å². The van der Waals surface area contributed by atoms with Crippen molar-refractivity contribution in [1.29, 1.82) is 0 Å². The molecule has 2 aromatic carbocycles. The molecule has 0 aliphatic carbocycles. The number of thioether (sulfide) groups is 1. The highest BCUT2D eigenvalue weighted by molar-refractivity contribution is 8.00. The van der Waals surface area contributed by atoms with E-state index in [9.17, 15) is 24.3 Å². The van der Waals surface area contributed by atoms with E-state index in [1.165, 1.54) is 36.3 Å². The Morgan fingerprint density at radius 3 is 2.27 bits per heavy atom. The van der Waals surface area contributed by atoms with E-state index in [2.05, 4.69) is 15.6 Å². The number of aromatic hydroxyl groups is 1. The normalized spacial score (nSPS) is 24.4. The maximum Gasteiger partial charge on any atom is 0.303 e. The lowest BCUT2D eigenvalue weighted by molar-refractivity contribution is -0.237. The highest BCUT2D eigenvalue weighted by Gasteiger charge is 2.53. The molecular weight excluding hydrogens is 632 g/mol. The molecule has 2 aliphatic heterocycles. The number of benzene rings is 2. The highest BCUT2D eigenvalue weighted by atomic mass is 35.5. The molecule has 0 saturated carbocycles. The molecular formula is C29H31ClN4O10S. The molecule has 0 aromatic heterocycles. The van der Waals surface area contributed by atoms with Gasteiger partial charge in [-0.25, -0.2) is 5.01 Å². The molecule has 2 N–H and O–H groups in total. The van der Waals surface area contributed by atoms with Crippen LogP contribution in [0, 0.1) is 0 Å². The number of hydrogen-bond acceptors (Lipinski definition) is 15. The monoisotopic (exact) mass is 662 g/mol. The molecule has 6 atom stereocenters. The molecule has 2 aliphatic rings. The number of hydrogen-bond donors (Lipinski definition) is 2. The van der Waals surface area contributed by atoms with E-state index < -0.39 is 59.2 Å². The van der Waals surface area contributed by atoms with Crippen LogP contribution in [0.4, 0.5) is 0 Å². The van der Waals surface area contributed by atoms with E-state index in [1.54, 1.807) is 0 Å². The Bertz CT molecular complexity index is 1480. The zero-order valence-electron chi connectivity index (χ0n) is 24.6. The van der Waals surface area contributed by atoms with Gasteiger partial charge in [-0.2, -0.15) is 10.2 Å². The van der Waals surface area contributed by atoms with Crippen LogP contribution in [0.3, 0.4) is 0 Å². The van der Waals surface area contributed by atoms with Crippen molar-refractivity contribution in [2.45, 2.75) is 63.0 Å². The van der Waals surface area contributed by atoms with Crippen molar-refractivity contribution in [2.75, 3.05) is 6.61 Å². The largest absolute Gasteiger partial charge is 0.507 e. The van der Waals surface area contributed by atoms with Crippen molar-refractivity contribution >= 4 is 59.3 Å². The zero-order valence-corrected chi connectivity index (χ0v) is 26.2. The van der Waals surface area contributed by atoms with E-state index in [1.807, 2.05) is 30.3 Å². The smallest absolute Gasteiger partial charge is 0.303 e. The Kier molecular flexibility index (Phi) is 11.3. The van der Waals surface area contributed by atoms with Crippen molar-refractivity contribution < 1.29 is 48.0 Å². The quantitative estimate of drug-likeness (QED) is 0.216. The van der Waals surface area contributed by atoms with Crippen molar-refractivity contribution in [3.63, 3.8) is 0 Å². The maximum absolute atomic E-state index is 12.3. The van der Waals surface area contributed by atoms with Gasteiger partial charge in [0.1, 0.15) is 23.9 Å². The first-order chi connectivity index (χ1) is 21.4. The summed E-state index contributed by atoms with van der Waals surface area (Å²) >= 11 is 7.16. The first-order valence-corrected chi connectivity index (χ1v) is 14.9. The molecule has 14 nitrogen and oxygen atoms in total. The third kappa shape index (κ3) is 8.86. The molecule has 0 amide bonds. The van der Waals surface area contributed by atoms with Gasteiger partial charge in [0.05, 0.1) is 6.21 Å². The number of rotatable bonds is 10. The molecule has 2 aromatic rings. The fourth-order valence-electron chi connectivity index (χ4n) is 4.50. The van der Waals surface area contributed by atoms with Gasteiger partial charge in [-0.3, -0.25) is 24.6 Å². The predicted octanol–water partition coefficient (Wildman–Crippen LogP) is 2.75. The summed E-state index contributed by atoms with van der Waals surface area (Å²) < 4.78 is 28.0. The van der Waals surface area contributed by atoms with Crippen LogP contribution in [0.1, 0.15) is 38.8 Å². The van der Waals surface area contributed by atoms with Crippen molar-refractivity contribution in [2.24, 2.45) is 10.2 Å². The minimum absolute atomic E-state index is 0.0581. The summed E-state index contributed by atoms with van der Waals surface area (Å²) in [7, 11) is 0. The zero-order chi connectivity index (χ0) is 32.7. The average molecular weight is 663 g/mol. The molecule has 0 bridgehead atoms. The van der Waals surface area contributed by atoms with Crippen LogP contribution in [0.5, 0.6) is 5.75 Å². The lowest BCUT2D eigenvalue weighted by Gasteiger charge is -2.44. The topological polar surface area (TPSA) is 175 Å². The molecule has 2 heterocycles. The molecule has 1 fully saturated rings. The number of halogens is 1. The summed E-state index contributed by atoms with van der Waals surface area (Å²) in [4.78, 5) is 48.2. The molecule has 4 rings (SSSR count). The molecule has 45 heavy (non-hydrogen) atoms. The summed E-state index contributed by atoms with van der Waals surface area (Å²) in [5.41, 5.74) is 2.08. The molecule has 16 heteroatoms. The first kappa shape index (κ1) is 33.6. The van der Waals surface area contributed by atoms with E-state index in [0.717, 1.165) is 32.5 Å². The molecule has 240 valence electrons. The highest BCUT2D eigenvalue weighted by Crippen LogP contribution is 2.38. The predicted molar refractivity (Wildman–Crippen MR) is 162 cm³/mol. The standard InChI is InChI=1S/C29H31ClN4O10S/c1-15(35)40-14-23-24(41-16(2)36)25(42-17(3)37)26(43-18(4)38)28(44-23)45-29-33-32-27(19-8-6-5-7-9-19)34(29)31-13-20-12-21(30)10-11-22(20)39/h5-13,23-26,28-29,33,39H,14H2,1-4H3/b31-13+/t23-,24-,25+,26-,28+,29?/m1/s1. The summed E-state index contributed by atoms with van der Waals surface area (Å²) in [5, 5.41) is 21.3. The number of amidine groups is 1. The Labute approximate surface area is 267 Å². The fourth-order valence-corrected chi connectivity index (χ4v) is 5.89. The van der Waals surface area contributed by atoms with Gasteiger partial charge >= 0.3 is 23.9 Å². The van der Waals surface area contributed by atoms with Crippen LogP contribution in [0.2, 0.25) is 5.02 Å². The van der Waals surface area contributed by atoms with Crippen molar-refractivity contribution in [3.8, 4) is 5.75 Å². The number of esters is 4. The molecule has 1 unspecified atom stereocenters. The van der Waals surface area contributed by atoms with E-state index in [4.69, 9.17) is 35.3 Å². The third-order valence-electron chi connectivity index (χ3n) is 6.27. The minimum Gasteiger partial charge on any atom is -0.507 e. The van der Waals surface area contributed by atoms with Crippen LogP contribution < -0.4 is 5.43 Å². The van der Waals surface area contributed by atoms with Gasteiger partial charge < -0.3 is 28.8 Å². The Hall–Kier alpha value is -4.34. The Balaban J connectivity index is 1.71. The van der Waals surface area contributed by atoms with Crippen LogP contribution in [-0.4, -0.2) is 88.0 Å². The van der Waals surface area contributed by atoms with Gasteiger partial charge in [-0.1, -0.05) is 53.7 Å². The Morgan fingerprint density at radius 1 is 0.978 bits per heavy atom. The number of nitrogens with zero attached hydrogens (tertiary/aromatic N) is 3. The lowest BCUT2D eigenvalue weighted by atomic mass is 9.99. The number of carbonyl (C=O) groups is 4. The van der Waals surface area contributed by atoms with Crippen LogP contribution in [-0.2, 0) is 42.9 Å². The van der Waals surface area contributed by atoms with E-state index >= 15 is 0 Å². The maximum atomic E-state index is 12.3. The number of carbonyl (C=O) groups excluding carboxylic acids is 4.